The van der Waals surface area contributed by atoms with E-state index in [1.807, 2.05) is 20.8 Å². The number of likely N-dealkylation sites (tertiary alicyclic amines) is 1. The molecule has 0 saturated carbocycles. The van der Waals surface area contributed by atoms with Crippen LogP contribution in [0.4, 0.5) is 9.18 Å². The number of carbonyl (C=O) groups excluding carboxylic acids is 2. The standard InChI is InChI=1S/C22H33FN2O4/c1-22(2,3)29-21(28)25-10-8-16(9-11-25)13-20(27)24-14-17(15-26)12-18-6-4-5-7-19(18)23/h4-7,16-17,26H,8-15H2,1-3H3,(H,24,27). The maximum Gasteiger partial charge on any atom is 0.410 e. The molecule has 0 radical (unpaired) electrons. The van der Waals surface area contributed by atoms with E-state index in [4.69, 9.17) is 4.74 Å². The third-order valence-electron chi connectivity index (χ3n) is 5.05. The molecule has 0 aliphatic carbocycles. The average Bonchev–Trinajstić information content (AvgIpc) is 2.65. The van der Waals surface area contributed by atoms with Gasteiger partial charge in [-0.2, -0.15) is 0 Å². The largest absolute Gasteiger partial charge is 0.444 e. The molecule has 2 N–H and O–H groups in total. The van der Waals surface area contributed by atoms with E-state index in [2.05, 4.69) is 5.32 Å². The highest BCUT2D eigenvalue weighted by Gasteiger charge is 2.27. The summed E-state index contributed by atoms with van der Waals surface area (Å²) in [5, 5.41) is 12.4. The molecule has 1 aromatic carbocycles. The fraction of sp³-hybridized carbons (Fsp3) is 0.636. The second-order valence-corrected chi connectivity index (χ2v) is 8.76. The summed E-state index contributed by atoms with van der Waals surface area (Å²) in [6.45, 7) is 6.87. The Morgan fingerprint density at radius 3 is 2.52 bits per heavy atom. The molecule has 2 amide bonds. The van der Waals surface area contributed by atoms with Crippen LogP contribution >= 0.6 is 0 Å². The Hall–Kier alpha value is -2.15. The van der Waals surface area contributed by atoms with Crippen molar-refractivity contribution < 1.29 is 23.8 Å². The van der Waals surface area contributed by atoms with Gasteiger partial charge in [0.1, 0.15) is 11.4 Å². The molecule has 2 rings (SSSR count). The lowest BCUT2D eigenvalue weighted by atomic mass is 9.93. The van der Waals surface area contributed by atoms with Crippen LogP contribution in [0.5, 0.6) is 0 Å². The minimum atomic E-state index is -0.514. The average molecular weight is 409 g/mol. The van der Waals surface area contributed by atoms with Gasteiger partial charge in [-0.05, 0) is 57.6 Å². The van der Waals surface area contributed by atoms with Gasteiger partial charge in [0, 0.05) is 38.6 Å². The molecule has 29 heavy (non-hydrogen) atoms. The van der Waals surface area contributed by atoms with Gasteiger partial charge in [-0.1, -0.05) is 18.2 Å². The van der Waals surface area contributed by atoms with Crippen LogP contribution in [-0.4, -0.2) is 53.8 Å². The number of aliphatic hydroxyl groups is 1. The Morgan fingerprint density at radius 1 is 1.28 bits per heavy atom. The van der Waals surface area contributed by atoms with Crippen LogP contribution in [0.3, 0.4) is 0 Å². The maximum absolute atomic E-state index is 13.8. The van der Waals surface area contributed by atoms with Crippen molar-refractivity contribution in [3.05, 3.63) is 35.6 Å². The first-order valence-electron chi connectivity index (χ1n) is 10.3. The van der Waals surface area contributed by atoms with Gasteiger partial charge in [0.05, 0.1) is 0 Å². The molecule has 1 heterocycles. The molecule has 1 fully saturated rings. The first-order chi connectivity index (χ1) is 13.7. The zero-order valence-electron chi connectivity index (χ0n) is 17.6. The summed E-state index contributed by atoms with van der Waals surface area (Å²) in [6.07, 6.45) is 1.97. The number of carbonyl (C=O) groups is 2. The Morgan fingerprint density at radius 2 is 1.93 bits per heavy atom. The summed E-state index contributed by atoms with van der Waals surface area (Å²) in [5.41, 5.74) is 0.0232. The van der Waals surface area contributed by atoms with Crippen molar-refractivity contribution in [3.63, 3.8) is 0 Å². The molecule has 6 nitrogen and oxygen atoms in total. The molecule has 0 aromatic heterocycles. The van der Waals surface area contributed by atoms with E-state index in [-0.39, 0.29) is 36.3 Å². The SMILES string of the molecule is CC(C)(C)OC(=O)N1CCC(CC(=O)NCC(CO)Cc2ccccc2F)CC1. The number of rotatable bonds is 7. The van der Waals surface area contributed by atoms with E-state index in [1.54, 1.807) is 23.1 Å². The molecule has 1 aliphatic rings. The number of amides is 2. The van der Waals surface area contributed by atoms with Crippen LogP contribution in [0.15, 0.2) is 24.3 Å². The highest BCUT2D eigenvalue weighted by atomic mass is 19.1. The van der Waals surface area contributed by atoms with Crippen LogP contribution in [0.1, 0.15) is 45.6 Å². The molecule has 162 valence electrons. The smallest absolute Gasteiger partial charge is 0.410 e. The van der Waals surface area contributed by atoms with E-state index in [0.717, 1.165) is 12.8 Å². The van der Waals surface area contributed by atoms with Crippen LogP contribution in [0.2, 0.25) is 0 Å². The quantitative estimate of drug-likeness (QED) is 0.727. The normalized spacial score (nSPS) is 16.4. The van der Waals surface area contributed by atoms with Crippen molar-refractivity contribution in [2.45, 2.75) is 52.1 Å². The lowest BCUT2D eigenvalue weighted by molar-refractivity contribution is -0.122. The number of hydrogen-bond donors (Lipinski definition) is 2. The fourth-order valence-electron chi connectivity index (χ4n) is 3.41. The number of aliphatic hydroxyl groups excluding tert-OH is 1. The number of ether oxygens (including phenoxy) is 1. The summed E-state index contributed by atoms with van der Waals surface area (Å²) >= 11 is 0. The molecule has 0 spiro atoms. The van der Waals surface area contributed by atoms with Crippen LogP contribution in [-0.2, 0) is 16.0 Å². The van der Waals surface area contributed by atoms with Gasteiger partial charge in [-0.25, -0.2) is 9.18 Å². The van der Waals surface area contributed by atoms with Crippen LogP contribution < -0.4 is 5.32 Å². The monoisotopic (exact) mass is 408 g/mol. The van der Waals surface area contributed by atoms with E-state index in [1.165, 1.54) is 6.07 Å². The predicted octanol–water partition coefficient (Wildman–Crippen LogP) is 3.13. The van der Waals surface area contributed by atoms with Crippen molar-refractivity contribution in [3.8, 4) is 0 Å². The summed E-state index contributed by atoms with van der Waals surface area (Å²) in [6, 6.07) is 6.47. The second kappa shape index (κ2) is 10.6. The first kappa shape index (κ1) is 23.1. The van der Waals surface area contributed by atoms with E-state index < -0.39 is 5.60 Å². The number of nitrogens with zero attached hydrogens (tertiary/aromatic N) is 1. The van der Waals surface area contributed by atoms with Crippen molar-refractivity contribution in [1.82, 2.24) is 10.2 Å². The Labute approximate surface area is 172 Å². The molecule has 1 unspecified atom stereocenters. The molecule has 1 aliphatic heterocycles. The number of piperidine rings is 1. The lowest BCUT2D eigenvalue weighted by Gasteiger charge is -2.33. The van der Waals surface area contributed by atoms with E-state index >= 15 is 0 Å². The maximum atomic E-state index is 13.8. The Kier molecular flexibility index (Phi) is 8.44. The zero-order valence-corrected chi connectivity index (χ0v) is 17.6. The molecule has 1 aromatic rings. The van der Waals surface area contributed by atoms with Crippen molar-refractivity contribution in [2.24, 2.45) is 11.8 Å². The molecule has 0 bridgehead atoms. The highest BCUT2D eigenvalue weighted by molar-refractivity contribution is 5.76. The van der Waals surface area contributed by atoms with E-state index in [0.29, 0.717) is 38.0 Å². The highest BCUT2D eigenvalue weighted by Crippen LogP contribution is 2.22. The predicted molar refractivity (Wildman–Crippen MR) is 109 cm³/mol. The van der Waals surface area contributed by atoms with Crippen molar-refractivity contribution in [1.29, 1.82) is 0 Å². The third-order valence-corrected chi connectivity index (χ3v) is 5.05. The summed E-state index contributed by atoms with van der Waals surface area (Å²) in [4.78, 5) is 26.1. The first-order valence-corrected chi connectivity index (χ1v) is 10.3. The number of benzene rings is 1. The van der Waals surface area contributed by atoms with Crippen molar-refractivity contribution in [2.75, 3.05) is 26.2 Å². The Bertz CT molecular complexity index is 682. The lowest BCUT2D eigenvalue weighted by Crippen LogP contribution is -2.42. The van der Waals surface area contributed by atoms with Gasteiger partial charge in [-0.3, -0.25) is 4.79 Å². The van der Waals surface area contributed by atoms with Crippen LogP contribution in [0.25, 0.3) is 0 Å². The number of hydrogen-bond acceptors (Lipinski definition) is 4. The minimum absolute atomic E-state index is 0.0762. The van der Waals surface area contributed by atoms with Gasteiger partial charge in [0.2, 0.25) is 5.91 Å². The second-order valence-electron chi connectivity index (χ2n) is 8.76. The molecular weight excluding hydrogens is 375 g/mol. The summed E-state index contributed by atoms with van der Waals surface area (Å²) in [7, 11) is 0. The number of nitrogens with one attached hydrogen (secondary N) is 1. The van der Waals surface area contributed by atoms with E-state index in [9.17, 15) is 19.1 Å². The molecule has 1 atom stereocenters. The number of halogens is 1. The topological polar surface area (TPSA) is 78.9 Å². The van der Waals surface area contributed by atoms with Gasteiger partial charge >= 0.3 is 6.09 Å². The van der Waals surface area contributed by atoms with Gasteiger partial charge < -0.3 is 20.1 Å². The third kappa shape index (κ3) is 8.01. The fourth-order valence-corrected chi connectivity index (χ4v) is 3.41. The minimum Gasteiger partial charge on any atom is -0.444 e. The zero-order chi connectivity index (χ0) is 21.4. The van der Waals surface area contributed by atoms with Gasteiger partial charge in [-0.15, -0.1) is 0 Å². The molecule has 1 saturated heterocycles. The molecule has 7 heteroatoms. The van der Waals surface area contributed by atoms with Gasteiger partial charge in [0.25, 0.3) is 0 Å². The summed E-state index contributed by atoms with van der Waals surface area (Å²) < 4.78 is 19.2. The summed E-state index contributed by atoms with van der Waals surface area (Å²) in [5.74, 6) is -0.389. The van der Waals surface area contributed by atoms with Crippen LogP contribution in [0, 0.1) is 17.7 Å². The van der Waals surface area contributed by atoms with Gasteiger partial charge in [0.15, 0.2) is 0 Å². The Balaban J connectivity index is 1.71. The molecular formula is C22H33FN2O4. The van der Waals surface area contributed by atoms with Crippen molar-refractivity contribution >= 4 is 12.0 Å².